The van der Waals surface area contributed by atoms with E-state index in [1.54, 1.807) is 7.11 Å². The number of nitrogens with one attached hydrogen (secondary N) is 2. The van der Waals surface area contributed by atoms with Crippen LogP contribution < -0.4 is 25.4 Å². The van der Waals surface area contributed by atoms with E-state index < -0.39 is 56.8 Å². The molecule has 4 N–H and O–H groups in total. The molecule has 256 valence electrons. The van der Waals surface area contributed by atoms with Crippen molar-refractivity contribution in [3.63, 3.8) is 0 Å². The van der Waals surface area contributed by atoms with E-state index in [1.165, 1.54) is 6.20 Å². The Bertz CT molecular complexity index is 1630. The number of amides is 3. The molecule has 1 saturated heterocycles. The Labute approximate surface area is 275 Å². The molecular weight excluding hydrogens is 626 g/mol. The molecule has 47 heavy (non-hydrogen) atoms. The number of nitrogens with zero attached hydrogens (tertiary/aromatic N) is 2. The number of hydrogen-bond donors (Lipinski definition) is 3. The van der Waals surface area contributed by atoms with Crippen LogP contribution in [0.3, 0.4) is 0 Å². The number of rotatable bonds is 14. The maximum absolute atomic E-state index is 13.9. The fourth-order valence-corrected chi connectivity index (χ4v) is 7.85. The summed E-state index contributed by atoms with van der Waals surface area (Å²) in [4.78, 5) is 50.1. The van der Waals surface area contributed by atoms with Gasteiger partial charge in [0, 0.05) is 23.1 Å². The lowest BCUT2D eigenvalue weighted by atomic mass is 9.94. The highest BCUT2D eigenvalue weighted by atomic mass is 32.2. The number of hydrogen-bond acceptors (Lipinski definition) is 10. The van der Waals surface area contributed by atoms with Gasteiger partial charge in [-0.15, -0.1) is 0 Å². The van der Waals surface area contributed by atoms with Crippen molar-refractivity contribution in [1.29, 1.82) is 0 Å². The van der Waals surface area contributed by atoms with E-state index in [4.69, 9.17) is 15.4 Å². The summed E-state index contributed by atoms with van der Waals surface area (Å²) in [6, 6.07) is 6.29. The Balaban J connectivity index is 1.32. The monoisotopic (exact) mass is 671 g/mol. The highest BCUT2D eigenvalue weighted by Gasteiger charge is 2.62. The zero-order chi connectivity index (χ0) is 33.9. The molecule has 0 unspecified atom stereocenters. The molecule has 1 aromatic carbocycles. The zero-order valence-electron chi connectivity index (χ0n) is 27.3. The fourth-order valence-electron chi connectivity index (χ4n) is 6.49. The molecule has 2 heterocycles. The summed E-state index contributed by atoms with van der Waals surface area (Å²) in [5.74, 6) is 5.37. The number of carbonyl (C=O) groups is 3. The molecule has 5 atom stereocenters. The largest absolute Gasteiger partial charge is 0.494 e. The first-order chi connectivity index (χ1) is 22.4. The average Bonchev–Trinajstić information content (AvgIpc) is 3.96. The maximum atomic E-state index is 13.9. The number of carbonyl (C=O) groups excluding carboxylic acids is 3. The highest BCUT2D eigenvalue weighted by Crippen LogP contribution is 2.46. The molecule has 3 aliphatic rings. The van der Waals surface area contributed by atoms with E-state index in [0.717, 1.165) is 29.5 Å². The van der Waals surface area contributed by atoms with Gasteiger partial charge in [-0.3, -0.25) is 19.2 Å². The predicted octanol–water partition coefficient (Wildman–Crippen LogP) is 3.58. The van der Waals surface area contributed by atoms with Gasteiger partial charge in [0.25, 0.3) is 5.91 Å². The fraction of sp³-hybridized carbons (Fsp3) is 0.576. The molecule has 1 aliphatic heterocycles. The second-order valence-corrected chi connectivity index (χ2v) is 15.4. The highest BCUT2D eigenvalue weighted by molar-refractivity contribution is 7.91. The lowest BCUT2D eigenvalue weighted by Gasteiger charge is -2.25. The number of aromatic nitrogens is 1. The minimum absolute atomic E-state index is 0.0384. The number of likely N-dealkylation sites (tertiary alicyclic amines) is 1. The second kappa shape index (κ2) is 14.1. The molecule has 0 radical (unpaired) electrons. The molecule has 3 fully saturated rings. The van der Waals surface area contributed by atoms with Gasteiger partial charge >= 0.3 is 6.09 Å². The molecule has 13 nitrogen and oxygen atoms in total. The quantitative estimate of drug-likeness (QED) is 0.199. The molecule has 5 rings (SSSR count). The summed E-state index contributed by atoms with van der Waals surface area (Å²) < 4.78 is 39.2. The van der Waals surface area contributed by atoms with Crippen molar-refractivity contribution >= 4 is 38.7 Å². The van der Waals surface area contributed by atoms with Crippen LogP contribution in [-0.2, 0) is 24.4 Å². The van der Waals surface area contributed by atoms with Crippen LogP contribution in [0.5, 0.6) is 11.6 Å². The first-order valence-corrected chi connectivity index (χ1v) is 17.7. The van der Waals surface area contributed by atoms with Crippen molar-refractivity contribution < 1.29 is 37.1 Å². The second-order valence-electron chi connectivity index (χ2n) is 13.4. The number of nitrogens with two attached hydrogens (primary N) is 1. The Morgan fingerprint density at radius 1 is 1.17 bits per heavy atom. The van der Waals surface area contributed by atoms with E-state index in [2.05, 4.69) is 40.6 Å². The summed E-state index contributed by atoms with van der Waals surface area (Å²) in [7, 11) is -2.32. The van der Waals surface area contributed by atoms with E-state index >= 15 is 0 Å². The van der Waals surface area contributed by atoms with E-state index in [0.29, 0.717) is 41.7 Å². The summed E-state index contributed by atoms with van der Waals surface area (Å²) >= 11 is 0. The van der Waals surface area contributed by atoms with Crippen molar-refractivity contribution in [3.8, 4) is 11.6 Å². The van der Waals surface area contributed by atoms with E-state index in [1.807, 2.05) is 36.4 Å². The van der Waals surface area contributed by atoms with Crippen molar-refractivity contribution in [2.75, 3.05) is 13.7 Å². The molecule has 14 heteroatoms. The Morgan fingerprint density at radius 2 is 1.89 bits per heavy atom. The number of fused-ring (bicyclic) bond motifs is 1. The van der Waals surface area contributed by atoms with Crippen LogP contribution in [0.4, 0.5) is 4.79 Å². The molecule has 2 aliphatic carbocycles. The molecule has 1 aromatic heterocycles. The van der Waals surface area contributed by atoms with Gasteiger partial charge in [-0.2, -0.15) is 5.90 Å². The summed E-state index contributed by atoms with van der Waals surface area (Å²) in [5, 5.41) is 3.66. The third-order valence-corrected chi connectivity index (χ3v) is 11.0. The van der Waals surface area contributed by atoms with Gasteiger partial charge < -0.3 is 19.6 Å². The van der Waals surface area contributed by atoms with Crippen LogP contribution in [0, 0.1) is 17.8 Å². The van der Waals surface area contributed by atoms with Crippen LogP contribution in [0.1, 0.15) is 65.7 Å². The molecule has 0 spiro atoms. The van der Waals surface area contributed by atoms with Gasteiger partial charge in [0.2, 0.25) is 21.8 Å². The smallest absolute Gasteiger partial charge is 0.429 e. The molecule has 2 aromatic rings. The summed E-state index contributed by atoms with van der Waals surface area (Å²) in [5.41, 5.74) is -1.48. The first kappa shape index (κ1) is 34.4. The number of methoxy groups -OCH3 is 1. The first-order valence-electron chi connectivity index (χ1n) is 16.2. The predicted molar refractivity (Wildman–Crippen MR) is 175 cm³/mol. The number of ether oxygens (including phenoxy) is 2. The number of benzene rings is 1. The summed E-state index contributed by atoms with van der Waals surface area (Å²) in [6.07, 6.45) is 7.90. The number of allylic oxidation sites excluding steroid dienone is 1. The standard InChI is InChI=1S/C33H45N5O8S/c1-20(2)15-21(3)9-5-6-10-22-17-33(22,31(40)37-47(42,43)24-13-14-24)36-29(39)27-16-23(19-38(27)32(41)46-34)45-30-26-12-8-7-11-25(26)28(44-4)18-35-30/h6-8,10-12,18,20-24,27H,5,9,13-17,19,34H2,1-4H3,(H,36,39)(H,37,40)/b10-6-/t21-,22-,23-,27+,33-/m1/s1. The SMILES string of the molecule is COc1cnc(O[C@@H]2C[C@@H](C(=O)N[C@]3(C(=O)NS(=O)(=O)C4CC4)C[C@H]3/C=C\CC[C@@H](C)CC(C)C)N(C(=O)ON)C2)c2ccccc12. The van der Waals surface area contributed by atoms with Gasteiger partial charge in [-0.25, -0.2) is 18.2 Å². The zero-order valence-corrected chi connectivity index (χ0v) is 28.1. The van der Waals surface area contributed by atoms with Crippen LogP contribution in [0.15, 0.2) is 42.6 Å². The van der Waals surface area contributed by atoms with Gasteiger partial charge in [0.15, 0.2) is 0 Å². The van der Waals surface area contributed by atoms with Crippen molar-refractivity contribution in [1.82, 2.24) is 19.9 Å². The Morgan fingerprint density at radius 3 is 2.55 bits per heavy atom. The molecule has 2 saturated carbocycles. The normalized spacial score (nSPS) is 24.7. The molecule has 0 bridgehead atoms. The maximum Gasteiger partial charge on any atom is 0.429 e. The van der Waals surface area contributed by atoms with Gasteiger partial charge in [-0.1, -0.05) is 51.1 Å². The summed E-state index contributed by atoms with van der Waals surface area (Å²) in [6.45, 7) is 6.54. The topological polar surface area (TPSA) is 179 Å². The van der Waals surface area contributed by atoms with Crippen LogP contribution in [0.2, 0.25) is 0 Å². The average molecular weight is 672 g/mol. The Hall–Kier alpha value is -3.91. The van der Waals surface area contributed by atoms with Gasteiger partial charge in [0.05, 0.1) is 25.1 Å². The van der Waals surface area contributed by atoms with Crippen LogP contribution in [-0.4, -0.2) is 72.8 Å². The minimum atomic E-state index is -3.86. The van der Waals surface area contributed by atoms with Crippen LogP contribution >= 0.6 is 0 Å². The number of sulfonamides is 1. The van der Waals surface area contributed by atoms with Crippen molar-refractivity contribution in [2.45, 2.75) is 88.7 Å². The minimum Gasteiger partial charge on any atom is -0.494 e. The van der Waals surface area contributed by atoms with E-state index in [9.17, 15) is 22.8 Å². The molecular formula is C33H45N5O8S. The lowest BCUT2D eigenvalue weighted by molar-refractivity contribution is -0.131. The Kier molecular flexibility index (Phi) is 10.3. The molecule has 3 amide bonds. The number of pyridine rings is 1. The van der Waals surface area contributed by atoms with E-state index in [-0.39, 0.29) is 19.4 Å². The van der Waals surface area contributed by atoms with Gasteiger partial charge in [0.1, 0.15) is 23.4 Å². The van der Waals surface area contributed by atoms with Crippen molar-refractivity contribution in [3.05, 3.63) is 42.6 Å². The lowest BCUT2D eigenvalue weighted by Crippen LogP contribution is -2.56. The van der Waals surface area contributed by atoms with Gasteiger partial charge in [-0.05, 0) is 56.4 Å². The van der Waals surface area contributed by atoms with Crippen molar-refractivity contribution in [2.24, 2.45) is 23.7 Å². The third kappa shape index (κ3) is 7.81. The van der Waals surface area contributed by atoms with Crippen LogP contribution in [0.25, 0.3) is 10.8 Å². The third-order valence-electron chi connectivity index (χ3n) is 9.15.